The van der Waals surface area contributed by atoms with Crippen molar-refractivity contribution >= 4 is 46.5 Å². The zero-order chi connectivity index (χ0) is 16.2. The molecule has 1 heterocycles. The Morgan fingerprint density at radius 1 is 1.62 bits per heavy atom. The van der Waals surface area contributed by atoms with Gasteiger partial charge >= 0.3 is 5.82 Å². The second-order valence-electron chi connectivity index (χ2n) is 4.07. The molecule has 0 aliphatic rings. The van der Waals surface area contributed by atoms with Crippen LogP contribution in [0.3, 0.4) is 0 Å². The van der Waals surface area contributed by atoms with Crippen LogP contribution in [0.25, 0.3) is 0 Å². The van der Waals surface area contributed by atoms with Crippen LogP contribution in [0.15, 0.2) is 6.20 Å². The molecule has 118 valence electrons. The SMILES string of the molecule is CC(=O)NC(OCCn1c([N+](=O)[O-])cnc1C)C(Cl)(Cl)Cl. The Morgan fingerprint density at radius 2 is 2.24 bits per heavy atom. The van der Waals surface area contributed by atoms with Gasteiger partial charge in [0, 0.05) is 13.8 Å². The molecule has 1 N–H and O–H groups in total. The number of halogens is 3. The fourth-order valence-electron chi connectivity index (χ4n) is 1.54. The van der Waals surface area contributed by atoms with Crippen molar-refractivity contribution in [3.8, 4) is 0 Å². The molecule has 1 aromatic rings. The molecule has 0 fully saturated rings. The van der Waals surface area contributed by atoms with Crippen LogP contribution in [0.1, 0.15) is 12.7 Å². The van der Waals surface area contributed by atoms with Crippen LogP contribution < -0.4 is 5.32 Å². The second kappa shape index (κ2) is 7.26. The quantitative estimate of drug-likeness (QED) is 0.362. The first-order valence-electron chi connectivity index (χ1n) is 5.75. The van der Waals surface area contributed by atoms with Gasteiger partial charge in [0.1, 0.15) is 12.7 Å². The van der Waals surface area contributed by atoms with E-state index in [1.165, 1.54) is 11.5 Å². The summed E-state index contributed by atoms with van der Waals surface area (Å²) in [6.07, 6.45) is -0.0156. The van der Waals surface area contributed by atoms with Crippen LogP contribution in [0, 0.1) is 17.0 Å². The van der Waals surface area contributed by atoms with Crippen LogP contribution in [-0.4, -0.2) is 37.0 Å². The fraction of sp³-hybridized carbons (Fsp3) is 0.600. The zero-order valence-corrected chi connectivity index (χ0v) is 13.4. The summed E-state index contributed by atoms with van der Waals surface area (Å²) in [5.74, 6) is -0.146. The third-order valence-electron chi connectivity index (χ3n) is 2.45. The molecule has 1 rings (SSSR count). The van der Waals surface area contributed by atoms with Gasteiger partial charge in [0.15, 0.2) is 12.1 Å². The molecule has 1 unspecified atom stereocenters. The maximum absolute atomic E-state index is 11.0. The molecule has 1 aromatic heterocycles. The topological polar surface area (TPSA) is 99.3 Å². The van der Waals surface area contributed by atoms with Crippen molar-refractivity contribution in [2.24, 2.45) is 0 Å². The van der Waals surface area contributed by atoms with E-state index in [0.29, 0.717) is 5.82 Å². The van der Waals surface area contributed by atoms with Crippen LogP contribution in [0.2, 0.25) is 0 Å². The number of nitrogens with one attached hydrogen (secondary N) is 1. The second-order valence-corrected chi connectivity index (χ2v) is 6.43. The minimum atomic E-state index is -1.86. The smallest absolute Gasteiger partial charge is 0.342 e. The summed E-state index contributed by atoms with van der Waals surface area (Å²) in [6.45, 7) is 2.97. The van der Waals surface area contributed by atoms with Gasteiger partial charge in [-0.3, -0.25) is 4.79 Å². The van der Waals surface area contributed by atoms with Gasteiger partial charge in [-0.2, -0.15) is 0 Å². The molecular formula is C10H13Cl3N4O4. The summed E-state index contributed by atoms with van der Waals surface area (Å²) in [5.41, 5.74) is 0. The molecule has 0 spiro atoms. The first kappa shape index (κ1) is 18.0. The summed E-state index contributed by atoms with van der Waals surface area (Å²) in [6, 6.07) is 0. The van der Waals surface area contributed by atoms with E-state index in [1.54, 1.807) is 6.92 Å². The maximum atomic E-state index is 11.0. The van der Waals surface area contributed by atoms with Gasteiger partial charge in [-0.25, -0.2) is 9.55 Å². The lowest BCUT2D eigenvalue weighted by Crippen LogP contribution is -2.45. The average molecular weight is 360 g/mol. The Morgan fingerprint density at radius 3 is 2.71 bits per heavy atom. The highest BCUT2D eigenvalue weighted by Gasteiger charge is 2.34. The van der Waals surface area contributed by atoms with E-state index in [4.69, 9.17) is 39.5 Å². The third-order valence-corrected chi connectivity index (χ3v) is 3.05. The van der Waals surface area contributed by atoms with Gasteiger partial charge < -0.3 is 20.2 Å². The van der Waals surface area contributed by atoms with Gasteiger partial charge in [-0.05, 0) is 4.92 Å². The molecule has 0 aliphatic carbocycles. The van der Waals surface area contributed by atoms with E-state index in [9.17, 15) is 14.9 Å². The third kappa shape index (κ3) is 5.31. The normalized spacial score (nSPS) is 13.0. The number of nitrogens with zero attached hydrogens (tertiary/aromatic N) is 3. The number of imidazole rings is 1. The lowest BCUT2D eigenvalue weighted by Gasteiger charge is -2.24. The lowest BCUT2D eigenvalue weighted by molar-refractivity contribution is -0.392. The number of nitro groups is 1. The van der Waals surface area contributed by atoms with Crippen LogP contribution >= 0.6 is 34.8 Å². The van der Waals surface area contributed by atoms with E-state index in [-0.39, 0.29) is 19.0 Å². The maximum Gasteiger partial charge on any atom is 0.342 e. The van der Waals surface area contributed by atoms with Gasteiger partial charge in [0.2, 0.25) is 9.70 Å². The van der Waals surface area contributed by atoms with Crippen molar-refractivity contribution in [3.05, 3.63) is 22.1 Å². The highest BCUT2D eigenvalue weighted by molar-refractivity contribution is 6.68. The van der Waals surface area contributed by atoms with Crippen molar-refractivity contribution < 1.29 is 14.5 Å². The van der Waals surface area contributed by atoms with Gasteiger partial charge in [-0.1, -0.05) is 34.8 Å². The summed E-state index contributed by atoms with van der Waals surface area (Å²) in [7, 11) is 0. The summed E-state index contributed by atoms with van der Waals surface area (Å²) in [4.78, 5) is 25.1. The highest BCUT2D eigenvalue weighted by atomic mass is 35.6. The zero-order valence-electron chi connectivity index (χ0n) is 11.2. The molecular weight excluding hydrogens is 346 g/mol. The van der Waals surface area contributed by atoms with Gasteiger partial charge in [-0.15, -0.1) is 0 Å². The number of aromatic nitrogens is 2. The monoisotopic (exact) mass is 358 g/mol. The predicted octanol–water partition coefficient (Wildman–Crippen LogP) is 1.95. The van der Waals surface area contributed by atoms with E-state index >= 15 is 0 Å². The van der Waals surface area contributed by atoms with E-state index in [0.717, 1.165) is 6.20 Å². The average Bonchev–Trinajstić information content (AvgIpc) is 2.68. The lowest BCUT2D eigenvalue weighted by atomic mass is 10.5. The number of rotatable bonds is 6. The Kier molecular flexibility index (Phi) is 6.21. The molecule has 0 radical (unpaired) electrons. The highest BCUT2D eigenvalue weighted by Crippen LogP contribution is 2.31. The minimum absolute atomic E-state index is 0.0170. The molecule has 0 bridgehead atoms. The fourth-order valence-corrected chi connectivity index (χ4v) is 1.90. The van der Waals surface area contributed by atoms with E-state index in [2.05, 4.69) is 10.3 Å². The summed E-state index contributed by atoms with van der Waals surface area (Å²) < 4.78 is 4.77. The largest absolute Gasteiger partial charge is 0.358 e. The molecule has 0 saturated carbocycles. The Balaban J connectivity index is 2.68. The van der Waals surface area contributed by atoms with Gasteiger partial charge in [0.05, 0.1) is 6.61 Å². The Labute approximate surface area is 135 Å². The molecule has 1 amide bonds. The van der Waals surface area contributed by atoms with E-state index < -0.39 is 20.9 Å². The predicted molar refractivity (Wildman–Crippen MR) is 77.5 cm³/mol. The summed E-state index contributed by atoms with van der Waals surface area (Å²) in [5, 5.41) is 13.2. The summed E-state index contributed by atoms with van der Waals surface area (Å²) >= 11 is 17.0. The number of carbonyl (C=O) groups is 1. The minimum Gasteiger partial charge on any atom is -0.358 e. The number of alkyl halides is 3. The van der Waals surface area contributed by atoms with Crippen LogP contribution in [0.5, 0.6) is 0 Å². The number of aryl methyl sites for hydroxylation is 1. The molecule has 21 heavy (non-hydrogen) atoms. The first-order valence-corrected chi connectivity index (χ1v) is 6.88. The van der Waals surface area contributed by atoms with Crippen LogP contribution in [-0.2, 0) is 16.1 Å². The van der Waals surface area contributed by atoms with Gasteiger partial charge in [0.25, 0.3) is 0 Å². The first-order chi connectivity index (χ1) is 9.62. The molecule has 1 atom stereocenters. The van der Waals surface area contributed by atoms with Crippen molar-refractivity contribution in [1.29, 1.82) is 0 Å². The standard InChI is InChI=1S/C10H13Cl3N4O4/c1-6-14-5-8(17(19)20)16(6)3-4-21-9(10(11,12)13)15-7(2)18/h5,9H,3-4H2,1-2H3,(H,15,18). The number of hydrogen-bond donors (Lipinski definition) is 1. The molecule has 0 aliphatic heterocycles. The molecule has 11 heteroatoms. The van der Waals surface area contributed by atoms with Crippen LogP contribution in [0.4, 0.5) is 5.82 Å². The van der Waals surface area contributed by atoms with Crippen molar-refractivity contribution in [2.75, 3.05) is 6.61 Å². The van der Waals surface area contributed by atoms with Crippen molar-refractivity contribution in [1.82, 2.24) is 14.9 Å². The van der Waals surface area contributed by atoms with Crippen molar-refractivity contribution in [3.63, 3.8) is 0 Å². The van der Waals surface area contributed by atoms with E-state index in [1.807, 2.05) is 0 Å². The van der Waals surface area contributed by atoms with Crippen molar-refractivity contribution in [2.45, 2.75) is 30.4 Å². The molecule has 8 nitrogen and oxygen atoms in total. The number of amides is 1. The number of ether oxygens (including phenoxy) is 1. The molecule has 0 saturated heterocycles. The Hall–Kier alpha value is -1.09. The molecule has 0 aromatic carbocycles. The number of carbonyl (C=O) groups excluding carboxylic acids is 1. The number of hydrogen-bond acceptors (Lipinski definition) is 5. The Bertz CT molecular complexity index is 529.